The number of halogens is 5. The lowest BCUT2D eigenvalue weighted by molar-refractivity contribution is 0.00851. The van der Waals surface area contributed by atoms with Crippen molar-refractivity contribution in [2.45, 2.75) is 24.7 Å². The van der Waals surface area contributed by atoms with Gasteiger partial charge in [0.2, 0.25) is 0 Å². The predicted octanol–water partition coefficient (Wildman–Crippen LogP) is 13.4. The van der Waals surface area contributed by atoms with Crippen LogP contribution in [0.4, 0.5) is 0 Å². The van der Waals surface area contributed by atoms with Crippen LogP contribution in [0.5, 0.6) is 0 Å². The van der Waals surface area contributed by atoms with Crippen molar-refractivity contribution in [3.63, 3.8) is 0 Å². The molecule has 50 heavy (non-hydrogen) atoms. The van der Waals surface area contributed by atoms with Crippen molar-refractivity contribution in [2.75, 3.05) is 6.61 Å². The van der Waals surface area contributed by atoms with Crippen LogP contribution in [0.2, 0.25) is 25.1 Å². The summed E-state index contributed by atoms with van der Waals surface area (Å²) in [5.41, 5.74) is 14.0. The van der Waals surface area contributed by atoms with E-state index in [9.17, 15) is 0 Å². The summed E-state index contributed by atoms with van der Waals surface area (Å²) in [5.74, 6) is 0. The molecule has 0 spiro atoms. The number of epoxide rings is 1. The summed E-state index contributed by atoms with van der Waals surface area (Å²) >= 11 is 33.2. The fourth-order valence-corrected chi connectivity index (χ4v) is 8.89. The van der Waals surface area contributed by atoms with Crippen LogP contribution in [-0.2, 0) is 15.1 Å². The normalized spacial score (nSPS) is 22.7. The number of allylic oxidation sites excluding steroid dienone is 4. The first-order valence-corrected chi connectivity index (χ1v) is 18.1. The highest BCUT2D eigenvalue weighted by Gasteiger charge is 2.68. The summed E-state index contributed by atoms with van der Waals surface area (Å²) in [4.78, 5) is 0. The number of ether oxygens (including phenoxy) is 2. The Labute approximate surface area is 315 Å². The maximum absolute atomic E-state index is 6.94. The Hall–Kier alpha value is -3.57. The predicted molar refractivity (Wildman–Crippen MR) is 208 cm³/mol. The van der Waals surface area contributed by atoms with Gasteiger partial charge in [-0.2, -0.15) is 0 Å². The summed E-state index contributed by atoms with van der Waals surface area (Å²) in [6.45, 7) is 6.30. The van der Waals surface area contributed by atoms with Gasteiger partial charge in [-0.15, -0.1) is 0 Å². The van der Waals surface area contributed by atoms with E-state index < -0.39 is 5.60 Å². The van der Waals surface area contributed by atoms with Crippen LogP contribution in [0, 0.1) is 0 Å². The van der Waals surface area contributed by atoms with Crippen LogP contribution in [0.3, 0.4) is 0 Å². The van der Waals surface area contributed by atoms with Crippen molar-refractivity contribution < 1.29 is 9.47 Å². The van der Waals surface area contributed by atoms with E-state index in [2.05, 4.69) is 37.8 Å². The van der Waals surface area contributed by atoms with Crippen LogP contribution < -0.4 is 0 Å². The molecule has 5 aromatic rings. The van der Waals surface area contributed by atoms with Crippen molar-refractivity contribution in [1.29, 1.82) is 0 Å². The summed E-state index contributed by atoms with van der Waals surface area (Å²) in [6, 6.07) is 28.0. The van der Waals surface area contributed by atoms with Crippen LogP contribution in [0.15, 0.2) is 115 Å². The summed E-state index contributed by atoms with van der Waals surface area (Å²) in [6.07, 6.45) is 7.48. The summed E-state index contributed by atoms with van der Waals surface area (Å²) in [5, 5.41) is 3.27. The maximum atomic E-state index is 6.94. The number of hydrogen-bond donors (Lipinski definition) is 0. The van der Waals surface area contributed by atoms with E-state index in [0.29, 0.717) is 31.7 Å². The van der Waals surface area contributed by atoms with Gasteiger partial charge in [0.05, 0.1) is 6.61 Å². The molecule has 2 aliphatic heterocycles. The molecule has 0 N–H and O–H groups in total. The van der Waals surface area contributed by atoms with E-state index in [1.165, 1.54) is 0 Å². The average molecular weight is 753 g/mol. The minimum Gasteiger partial charge on any atom is -0.367 e. The molecule has 0 saturated carbocycles. The van der Waals surface area contributed by atoms with Gasteiger partial charge in [0, 0.05) is 25.1 Å². The van der Waals surface area contributed by atoms with Crippen molar-refractivity contribution in [3.8, 4) is 22.3 Å². The Balaban J connectivity index is 1.18. The van der Waals surface area contributed by atoms with Crippen molar-refractivity contribution in [1.82, 2.24) is 0 Å². The van der Waals surface area contributed by atoms with Crippen molar-refractivity contribution in [2.24, 2.45) is 0 Å². The minimum atomic E-state index is -0.690. The molecule has 2 nitrogen and oxygen atoms in total. The fraction of sp³-hybridized carbons (Fsp3) is 0.116. The van der Waals surface area contributed by atoms with Crippen LogP contribution in [0.1, 0.15) is 52.0 Å². The Kier molecular flexibility index (Phi) is 7.77. The third kappa shape index (κ3) is 5.08. The molecule has 2 heterocycles. The van der Waals surface area contributed by atoms with Gasteiger partial charge < -0.3 is 9.47 Å². The quantitative estimate of drug-likeness (QED) is 0.129. The Morgan fingerprint density at radius 3 is 1.96 bits per heavy atom. The molecule has 2 aliphatic carbocycles. The Bertz CT molecular complexity index is 2400. The monoisotopic (exact) mass is 750 g/mol. The lowest BCUT2D eigenvalue weighted by atomic mass is 9.86. The van der Waals surface area contributed by atoms with Crippen molar-refractivity contribution >= 4 is 75.2 Å². The zero-order chi connectivity index (χ0) is 34.5. The SMILES string of the molecule is C=C/C=C(C)/C=C1/c2cc(Cl)ccc2-c2c1cc(Cl)cc2C1OCC2(c3cc(Cl)cc4c3-c3ccc(Cl)cc3/C4=C/c3ccc(Cl)cc3)OC12. The average Bonchev–Trinajstić information content (AvgIpc) is 3.43. The van der Waals surface area contributed by atoms with Gasteiger partial charge in [-0.25, -0.2) is 0 Å². The van der Waals surface area contributed by atoms with E-state index in [0.717, 1.165) is 77.9 Å². The number of benzene rings is 5. The largest absolute Gasteiger partial charge is 0.367 e. The van der Waals surface area contributed by atoms with Crippen LogP contribution in [0.25, 0.3) is 39.5 Å². The Morgan fingerprint density at radius 2 is 1.28 bits per heavy atom. The molecule has 3 atom stereocenters. The second kappa shape index (κ2) is 12.0. The zero-order valence-electron chi connectivity index (χ0n) is 26.7. The first kappa shape index (κ1) is 32.3. The topological polar surface area (TPSA) is 21.8 Å². The van der Waals surface area contributed by atoms with Crippen LogP contribution in [-0.4, -0.2) is 12.7 Å². The summed E-state index contributed by atoms with van der Waals surface area (Å²) in [7, 11) is 0. The highest BCUT2D eigenvalue weighted by atomic mass is 35.5. The zero-order valence-corrected chi connectivity index (χ0v) is 30.4. The van der Waals surface area contributed by atoms with Gasteiger partial charge in [-0.1, -0.05) is 113 Å². The molecule has 4 aliphatic rings. The molecular formula is C43H27Cl5O2. The van der Waals surface area contributed by atoms with Crippen molar-refractivity contribution in [3.05, 3.63) is 179 Å². The number of rotatable bonds is 5. The third-order valence-electron chi connectivity index (χ3n) is 10.1. The smallest absolute Gasteiger partial charge is 0.147 e. The van der Waals surface area contributed by atoms with E-state index in [4.69, 9.17) is 67.5 Å². The second-order valence-corrected chi connectivity index (χ2v) is 15.3. The molecule has 3 unspecified atom stereocenters. The van der Waals surface area contributed by atoms with Gasteiger partial charge in [0.1, 0.15) is 17.8 Å². The van der Waals surface area contributed by atoms with Gasteiger partial charge in [-0.3, -0.25) is 0 Å². The fourth-order valence-electron chi connectivity index (χ4n) is 7.98. The Morgan fingerprint density at radius 1 is 0.680 bits per heavy atom. The molecule has 2 fully saturated rings. The van der Waals surface area contributed by atoms with Gasteiger partial charge in [-0.05, 0) is 146 Å². The lowest BCUT2D eigenvalue weighted by Gasteiger charge is -2.18. The minimum absolute atomic E-state index is 0.251. The lowest BCUT2D eigenvalue weighted by Crippen LogP contribution is -2.14. The molecule has 0 amide bonds. The maximum Gasteiger partial charge on any atom is 0.147 e. The van der Waals surface area contributed by atoms with E-state index in [-0.39, 0.29) is 12.2 Å². The molecule has 9 rings (SSSR count). The molecule has 5 aromatic carbocycles. The third-order valence-corrected chi connectivity index (χ3v) is 11.2. The molecule has 0 bridgehead atoms. The van der Waals surface area contributed by atoms with E-state index >= 15 is 0 Å². The van der Waals surface area contributed by atoms with Gasteiger partial charge in [0.15, 0.2) is 0 Å². The molecular weight excluding hydrogens is 726 g/mol. The molecule has 0 radical (unpaired) electrons. The highest BCUT2D eigenvalue weighted by molar-refractivity contribution is 6.33. The second-order valence-electron chi connectivity index (χ2n) is 13.1. The van der Waals surface area contributed by atoms with Gasteiger partial charge in [0.25, 0.3) is 0 Å². The molecule has 7 heteroatoms. The standard InChI is InChI=1S/C43H27Cl5O2/c1-3-4-22(2)13-31-33-15-25(45)9-11-29(33)39-35(31)17-27(47)19-37(39)41-42-43(50-42,21-49-41)38-20-28(48)18-36-32(14-23-5-7-24(44)8-6-23)34-16-26(46)10-12-30(34)40(36)38/h3-20,41-42H,1,21H2,2H3/b22-4+,31-13-,32-14-. The molecule has 246 valence electrons. The number of fused-ring (bicyclic) bond motifs is 7. The number of hydrogen-bond acceptors (Lipinski definition) is 2. The van der Waals surface area contributed by atoms with Crippen LogP contribution >= 0.6 is 58.0 Å². The molecule has 0 aromatic heterocycles. The van der Waals surface area contributed by atoms with E-state index in [1.807, 2.05) is 78.9 Å². The van der Waals surface area contributed by atoms with Gasteiger partial charge >= 0.3 is 0 Å². The first-order chi connectivity index (χ1) is 24.1. The molecule has 2 saturated heterocycles. The highest BCUT2D eigenvalue weighted by Crippen LogP contribution is 2.64. The van der Waals surface area contributed by atoms with E-state index in [1.54, 1.807) is 6.08 Å². The first-order valence-electron chi connectivity index (χ1n) is 16.2. The summed E-state index contributed by atoms with van der Waals surface area (Å²) < 4.78 is 13.5.